The molecule has 0 aromatic heterocycles. The zero-order valence-corrected chi connectivity index (χ0v) is 12.0. The fraction of sp³-hybridized carbons (Fsp3) is 0.625. The summed E-state index contributed by atoms with van der Waals surface area (Å²) in [5, 5.41) is 10.6. The molecule has 0 amide bonds. The van der Waals surface area contributed by atoms with Gasteiger partial charge in [0.05, 0.1) is 5.60 Å². The summed E-state index contributed by atoms with van der Waals surface area (Å²) >= 11 is 0. The van der Waals surface area contributed by atoms with Crippen LogP contribution in [0.1, 0.15) is 51.2 Å². The predicted molar refractivity (Wildman–Crippen MR) is 73.3 cm³/mol. The van der Waals surface area contributed by atoms with Crippen LogP contribution >= 0.6 is 0 Å². The Balaban J connectivity index is 2.26. The molecule has 1 atom stereocenters. The second-order valence-electron chi connectivity index (χ2n) is 5.76. The first-order valence-electron chi connectivity index (χ1n) is 7.25. The van der Waals surface area contributed by atoms with E-state index in [1.165, 1.54) is 6.07 Å². The largest absolute Gasteiger partial charge is 0.385 e. The average molecular weight is 284 g/mol. The van der Waals surface area contributed by atoms with E-state index in [2.05, 4.69) is 6.92 Å². The molecule has 1 aromatic rings. The van der Waals surface area contributed by atoms with E-state index in [0.29, 0.717) is 18.1 Å². The first-order valence-corrected chi connectivity index (χ1v) is 7.25. The Bertz CT molecular complexity index is 454. The van der Waals surface area contributed by atoms with Crippen LogP contribution in [0.5, 0.6) is 0 Å². The predicted octanol–water partition coefficient (Wildman–Crippen LogP) is 3.98. The SMILES string of the molecule is CCOC1(C(O)c2ccc(F)c(F)c2)CCC(C)CC1. The molecule has 1 saturated carbocycles. The van der Waals surface area contributed by atoms with Crippen molar-refractivity contribution in [2.45, 2.75) is 51.2 Å². The summed E-state index contributed by atoms with van der Waals surface area (Å²) in [4.78, 5) is 0. The average Bonchev–Trinajstić information content (AvgIpc) is 2.44. The highest BCUT2D eigenvalue weighted by atomic mass is 19.2. The molecule has 1 fully saturated rings. The van der Waals surface area contributed by atoms with E-state index < -0.39 is 23.3 Å². The molecule has 0 spiro atoms. The third-order valence-electron chi connectivity index (χ3n) is 4.31. The summed E-state index contributed by atoms with van der Waals surface area (Å²) in [5.74, 6) is -1.22. The van der Waals surface area contributed by atoms with Crippen molar-refractivity contribution in [3.63, 3.8) is 0 Å². The Labute approximate surface area is 118 Å². The summed E-state index contributed by atoms with van der Waals surface area (Å²) in [6.45, 7) is 4.56. The fourth-order valence-electron chi connectivity index (χ4n) is 3.02. The van der Waals surface area contributed by atoms with Gasteiger partial charge in [0, 0.05) is 6.61 Å². The first kappa shape index (κ1) is 15.4. The molecule has 0 bridgehead atoms. The van der Waals surface area contributed by atoms with Crippen LogP contribution < -0.4 is 0 Å². The maximum Gasteiger partial charge on any atom is 0.159 e. The van der Waals surface area contributed by atoms with Crippen LogP contribution in [0, 0.1) is 17.6 Å². The van der Waals surface area contributed by atoms with Gasteiger partial charge < -0.3 is 9.84 Å². The van der Waals surface area contributed by atoms with Gasteiger partial charge in [0.1, 0.15) is 6.10 Å². The lowest BCUT2D eigenvalue weighted by molar-refractivity contribution is -0.146. The summed E-state index contributed by atoms with van der Waals surface area (Å²) < 4.78 is 32.2. The summed E-state index contributed by atoms with van der Waals surface area (Å²) in [5.41, 5.74) is -0.294. The van der Waals surface area contributed by atoms with Crippen LogP contribution in [-0.4, -0.2) is 17.3 Å². The first-order chi connectivity index (χ1) is 9.48. The Hall–Kier alpha value is -1.00. The molecule has 112 valence electrons. The lowest BCUT2D eigenvalue weighted by atomic mass is 9.74. The van der Waals surface area contributed by atoms with Crippen LogP contribution in [0.2, 0.25) is 0 Å². The lowest BCUT2D eigenvalue weighted by Crippen LogP contribution is -2.42. The zero-order valence-electron chi connectivity index (χ0n) is 12.0. The van der Waals surface area contributed by atoms with Gasteiger partial charge in [-0.2, -0.15) is 0 Å². The molecular formula is C16H22F2O2. The highest BCUT2D eigenvalue weighted by Crippen LogP contribution is 2.43. The summed E-state index contributed by atoms with van der Waals surface area (Å²) in [6.07, 6.45) is 2.50. The quantitative estimate of drug-likeness (QED) is 0.906. The van der Waals surface area contributed by atoms with Crippen LogP contribution in [0.3, 0.4) is 0 Å². The van der Waals surface area contributed by atoms with Crippen molar-refractivity contribution >= 4 is 0 Å². The molecule has 0 saturated heterocycles. The number of hydrogen-bond acceptors (Lipinski definition) is 2. The number of aliphatic hydroxyl groups excluding tert-OH is 1. The topological polar surface area (TPSA) is 29.5 Å². The number of rotatable bonds is 4. The summed E-state index contributed by atoms with van der Waals surface area (Å²) in [7, 11) is 0. The van der Waals surface area contributed by atoms with Crippen LogP contribution in [0.4, 0.5) is 8.78 Å². The van der Waals surface area contributed by atoms with Crippen molar-refractivity contribution in [2.24, 2.45) is 5.92 Å². The van der Waals surface area contributed by atoms with Crippen LogP contribution in [0.25, 0.3) is 0 Å². The smallest absolute Gasteiger partial charge is 0.159 e. The van der Waals surface area contributed by atoms with E-state index in [0.717, 1.165) is 37.8 Å². The molecular weight excluding hydrogens is 262 g/mol. The maximum absolute atomic E-state index is 13.4. The van der Waals surface area contributed by atoms with Gasteiger partial charge >= 0.3 is 0 Å². The second-order valence-corrected chi connectivity index (χ2v) is 5.76. The number of hydrogen-bond donors (Lipinski definition) is 1. The van der Waals surface area contributed by atoms with Gasteiger partial charge in [-0.05, 0) is 56.2 Å². The van der Waals surface area contributed by atoms with E-state index in [1.807, 2.05) is 6.92 Å². The molecule has 1 aromatic carbocycles. The van der Waals surface area contributed by atoms with Crippen molar-refractivity contribution in [1.82, 2.24) is 0 Å². The molecule has 4 heteroatoms. The van der Waals surface area contributed by atoms with Gasteiger partial charge in [0.2, 0.25) is 0 Å². The molecule has 1 N–H and O–H groups in total. The van der Waals surface area contributed by atoms with Gasteiger partial charge in [-0.15, -0.1) is 0 Å². The molecule has 0 heterocycles. The van der Waals surface area contributed by atoms with Crippen LogP contribution in [-0.2, 0) is 4.74 Å². The molecule has 0 radical (unpaired) electrons. The third kappa shape index (κ3) is 3.01. The summed E-state index contributed by atoms with van der Waals surface area (Å²) in [6, 6.07) is 3.56. The van der Waals surface area contributed by atoms with E-state index in [1.54, 1.807) is 0 Å². The highest BCUT2D eigenvalue weighted by Gasteiger charge is 2.42. The fourth-order valence-corrected chi connectivity index (χ4v) is 3.02. The van der Waals surface area contributed by atoms with Crippen molar-refractivity contribution < 1.29 is 18.6 Å². The number of halogens is 2. The van der Waals surface area contributed by atoms with Crippen molar-refractivity contribution in [3.8, 4) is 0 Å². The minimum Gasteiger partial charge on any atom is -0.385 e. The number of ether oxygens (including phenoxy) is 1. The van der Waals surface area contributed by atoms with E-state index in [4.69, 9.17) is 4.74 Å². The number of benzene rings is 1. The van der Waals surface area contributed by atoms with E-state index in [-0.39, 0.29) is 0 Å². The minimum atomic E-state index is -0.933. The minimum absolute atomic E-state index is 0.381. The van der Waals surface area contributed by atoms with Crippen molar-refractivity contribution in [3.05, 3.63) is 35.4 Å². The van der Waals surface area contributed by atoms with Gasteiger partial charge in [-0.3, -0.25) is 0 Å². The van der Waals surface area contributed by atoms with Crippen LogP contribution in [0.15, 0.2) is 18.2 Å². The molecule has 0 aliphatic heterocycles. The Morgan fingerprint density at radius 2 is 1.95 bits per heavy atom. The van der Waals surface area contributed by atoms with E-state index in [9.17, 15) is 13.9 Å². The molecule has 1 aliphatic carbocycles. The molecule has 1 unspecified atom stereocenters. The molecule has 2 nitrogen and oxygen atoms in total. The van der Waals surface area contributed by atoms with Gasteiger partial charge in [-0.25, -0.2) is 8.78 Å². The normalized spacial score (nSPS) is 28.4. The van der Waals surface area contributed by atoms with Gasteiger partial charge in [0.15, 0.2) is 11.6 Å². The Morgan fingerprint density at radius 1 is 1.30 bits per heavy atom. The maximum atomic E-state index is 13.4. The third-order valence-corrected chi connectivity index (χ3v) is 4.31. The van der Waals surface area contributed by atoms with Gasteiger partial charge in [-0.1, -0.05) is 13.0 Å². The Kier molecular flexibility index (Phi) is 4.76. The van der Waals surface area contributed by atoms with Crippen molar-refractivity contribution in [1.29, 1.82) is 0 Å². The molecule has 2 rings (SSSR count). The second kappa shape index (κ2) is 6.19. The number of aliphatic hydroxyl groups is 1. The standard InChI is InChI=1S/C16H22F2O2/c1-3-20-16(8-6-11(2)7-9-16)15(19)12-4-5-13(17)14(18)10-12/h4-5,10-11,15,19H,3,6-9H2,1-2H3. The highest BCUT2D eigenvalue weighted by molar-refractivity contribution is 5.23. The molecule has 1 aliphatic rings. The van der Waals surface area contributed by atoms with Crippen molar-refractivity contribution in [2.75, 3.05) is 6.61 Å². The lowest BCUT2D eigenvalue weighted by Gasteiger charge is -2.42. The monoisotopic (exact) mass is 284 g/mol. The van der Waals surface area contributed by atoms with E-state index >= 15 is 0 Å². The molecule has 20 heavy (non-hydrogen) atoms. The van der Waals surface area contributed by atoms with Gasteiger partial charge in [0.25, 0.3) is 0 Å². The Morgan fingerprint density at radius 3 is 2.50 bits per heavy atom. The zero-order chi connectivity index (χ0) is 14.8.